The van der Waals surface area contributed by atoms with Crippen molar-refractivity contribution in [3.8, 4) is 0 Å². The highest BCUT2D eigenvalue weighted by atomic mass is 32.2. The number of carbonyl (C=O) groups is 3. The van der Waals surface area contributed by atoms with E-state index in [1.807, 2.05) is 43.3 Å². The van der Waals surface area contributed by atoms with Crippen molar-refractivity contribution in [1.82, 2.24) is 9.88 Å². The van der Waals surface area contributed by atoms with Crippen molar-refractivity contribution < 1.29 is 18.8 Å². The van der Waals surface area contributed by atoms with E-state index in [4.69, 9.17) is 0 Å². The molecular weight excluding hydrogens is 624 g/mol. The fraction of sp³-hybridized carbons (Fsp3) is 0.103. The summed E-state index contributed by atoms with van der Waals surface area (Å²) in [5.74, 6) is -1.83. The summed E-state index contributed by atoms with van der Waals surface area (Å²) in [5.41, 5.74) is 3.81. The van der Waals surface area contributed by atoms with Crippen LogP contribution in [0.5, 0.6) is 0 Å². The van der Waals surface area contributed by atoms with Gasteiger partial charge in [0.15, 0.2) is 0 Å². The van der Waals surface area contributed by atoms with Gasteiger partial charge in [-0.15, -0.1) is 11.8 Å². The lowest BCUT2D eigenvalue weighted by Crippen LogP contribution is -2.30. The Bertz CT molecular complexity index is 2180. The number of fused-ring (bicyclic) bond motifs is 3. The van der Waals surface area contributed by atoms with Gasteiger partial charge in [-0.3, -0.25) is 14.4 Å². The minimum Gasteiger partial charge on any atom is -0.341 e. The second-order valence-electron chi connectivity index (χ2n) is 11.1. The lowest BCUT2D eigenvalue weighted by molar-refractivity contribution is -0.115. The molecule has 240 valence electrons. The molecule has 1 aromatic heterocycles. The van der Waals surface area contributed by atoms with Gasteiger partial charge in [-0.25, -0.2) is 4.39 Å². The number of carbonyl (C=O) groups excluding carboxylic acids is 3. The van der Waals surface area contributed by atoms with Crippen LogP contribution in [0.2, 0.25) is 0 Å². The smallest absolute Gasteiger partial charge is 0.272 e. The molecule has 48 heavy (non-hydrogen) atoms. The van der Waals surface area contributed by atoms with E-state index < -0.39 is 22.9 Å². The molecule has 0 bridgehead atoms. The van der Waals surface area contributed by atoms with E-state index in [0.29, 0.717) is 16.9 Å². The van der Waals surface area contributed by atoms with Crippen LogP contribution in [0.25, 0.3) is 27.9 Å². The summed E-state index contributed by atoms with van der Waals surface area (Å²) in [5, 5.41) is 10.2. The Balaban J connectivity index is 1.16. The van der Waals surface area contributed by atoms with Crippen molar-refractivity contribution in [2.75, 3.05) is 10.6 Å². The van der Waals surface area contributed by atoms with E-state index in [2.05, 4.69) is 39.6 Å². The molecule has 5 aromatic carbocycles. The van der Waals surface area contributed by atoms with Gasteiger partial charge in [-0.1, -0.05) is 60.7 Å². The number of thioether (sulfide) groups is 1. The summed E-state index contributed by atoms with van der Waals surface area (Å²) in [7, 11) is 0. The molecule has 3 N–H and O–H groups in total. The molecule has 1 atom stereocenters. The maximum Gasteiger partial charge on any atom is 0.272 e. The molecule has 6 rings (SSSR count). The molecule has 1 heterocycles. The van der Waals surface area contributed by atoms with Crippen LogP contribution in [-0.4, -0.2) is 27.5 Å². The summed E-state index contributed by atoms with van der Waals surface area (Å²) in [4.78, 5) is 40.4. The molecular formula is C39H33FN4O3S. The highest BCUT2D eigenvalue weighted by Crippen LogP contribution is 2.32. The molecule has 1 unspecified atom stereocenters. The first-order chi connectivity index (χ1) is 23.3. The number of aryl methyl sites for hydroxylation is 1. The van der Waals surface area contributed by atoms with Gasteiger partial charge in [-0.05, 0) is 80.6 Å². The predicted octanol–water partition coefficient (Wildman–Crippen LogP) is 8.48. The molecule has 0 spiro atoms. The average molecular weight is 657 g/mol. The van der Waals surface area contributed by atoms with Crippen LogP contribution >= 0.6 is 11.8 Å². The number of nitrogens with one attached hydrogen (secondary N) is 3. The van der Waals surface area contributed by atoms with Gasteiger partial charge in [0.2, 0.25) is 5.91 Å². The molecule has 0 aliphatic rings. The maximum atomic E-state index is 14.5. The molecule has 7 nitrogen and oxygen atoms in total. The summed E-state index contributed by atoms with van der Waals surface area (Å²) in [6, 6.07) is 35.7. The Morgan fingerprint density at radius 2 is 1.48 bits per heavy atom. The number of rotatable bonds is 10. The van der Waals surface area contributed by atoms with E-state index in [-0.39, 0.29) is 17.2 Å². The summed E-state index contributed by atoms with van der Waals surface area (Å²) in [6.45, 7) is 4.78. The van der Waals surface area contributed by atoms with Crippen LogP contribution in [-0.2, 0) is 16.1 Å². The quantitative estimate of drug-likeness (QED) is 0.102. The SMILES string of the molecule is CCn1c2ccccc2c2cc(NC(=O)C(C)Sc3cccc(NC(=O)/C(=C/c4ccccc4F)NC(=O)c4ccccc4)c3)ccc21. The van der Waals surface area contributed by atoms with E-state index in [0.717, 1.165) is 33.2 Å². The number of halogens is 1. The molecule has 6 aromatic rings. The first-order valence-corrected chi connectivity index (χ1v) is 16.4. The van der Waals surface area contributed by atoms with Crippen LogP contribution in [0.1, 0.15) is 29.8 Å². The zero-order valence-corrected chi connectivity index (χ0v) is 27.2. The number of nitrogens with zero attached hydrogens (tertiary/aromatic N) is 1. The Hall–Kier alpha value is -5.67. The monoisotopic (exact) mass is 656 g/mol. The van der Waals surface area contributed by atoms with Gasteiger partial charge in [0.05, 0.1) is 5.25 Å². The fourth-order valence-corrected chi connectivity index (χ4v) is 6.44. The lowest BCUT2D eigenvalue weighted by Gasteiger charge is -2.14. The molecule has 0 radical (unpaired) electrons. The fourth-order valence-electron chi connectivity index (χ4n) is 5.51. The van der Waals surface area contributed by atoms with E-state index in [1.165, 1.54) is 30.0 Å². The Labute approximate surface area is 281 Å². The largest absolute Gasteiger partial charge is 0.341 e. The number of benzene rings is 5. The van der Waals surface area contributed by atoms with E-state index in [9.17, 15) is 18.8 Å². The Morgan fingerprint density at radius 3 is 2.27 bits per heavy atom. The molecule has 0 aliphatic heterocycles. The second kappa shape index (κ2) is 14.4. The normalized spacial score (nSPS) is 12.1. The van der Waals surface area contributed by atoms with Gasteiger partial charge in [0.25, 0.3) is 11.8 Å². The van der Waals surface area contributed by atoms with Crippen molar-refractivity contribution in [3.63, 3.8) is 0 Å². The number of anilines is 2. The molecule has 0 fully saturated rings. The first kappa shape index (κ1) is 32.3. The van der Waals surface area contributed by atoms with Crippen molar-refractivity contribution in [2.45, 2.75) is 30.5 Å². The number of aromatic nitrogens is 1. The van der Waals surface area contributed by atoms with Gasteiger partial charge >= 0.3 is 0 Å². The highest BCUT2D eigenvalue weighted by molar-refractivity contribution is 8.00. The molecule has 0 saturated carbocycles. The standard InChI is InChI=1S/C39H33FN4O3S/c1-3-44-35-19-10-8-17-31(35)32-24-29(20-21-36(32)44)41-37(45)25(2)48-30-16-11-15-28(23-30)42-39(47)34(22-27-14-7-9-18-33(27)40)43-38(46)26-12-5-4-6-13-26/h4-25H,3H2,1-2H3,(H,41,45)(H,42,47)(H,43,46)/b34-22-. The van der Waals surface area contributed by atoms with Gasteiger partial charge in [0, 0.05) is 55.7 Å². The van der Waals surface area contributed by atoms with Crippen molar-refractivity contribution in [3.05, 3.63) is 144 Å². The maximum absolute atomic E-state index is 14.5. The summed E-state index contributed by atoms with van der Waals surface area (Å²) < 4.78 is 16.8. The third-order valence-electron chi connectivity index (χ3n) is 7.86. The third-order valence-corrected chi connectivity index (χ3v) is 8.96. The number of hydrogen-bond acceptors (Lipinski definition) is 4. The van der Waals surface area contributed by atoms with Crippen LogP contribution in [0.3, 0.4) is 0 Å². The molecule has 0 saturated heterocycles. The topological polar surface area (TPSA) is 92.2 Å². The number of para-hydroxylation sites is 1. The highest BCUT2D eigenvalue weighted by Gasteiger charge is 2.19. The molecule has 9 heteroatoms. The van der Waals surface area contributed by atoms with Gasteiger partial charge < -0.3 is 20.5 Å². The Morgan fingerprint density at radius 1 is 0.771 bits per heavy atom. The Kier molecular flexibility index (Phi) is 9.68. The van der Waals surface area contributed by atoms with E-state index >= 15 is 0 Å². The number of hydrogen-bond donors (Lipinski definition) is 3. The average Bonchev–Trinajstić information content (AvgIpc) is 3.42. The second-order valence-corrected chi connectivity index (χ2v) is 12.5. The zero-order valence-electron chi connectivity index (χ0n) is 26.4. The first-order valence-electron chi connectivity index (χ1n) is 15.5. The third kappa shape index (κ3) is 7.16. The summed E-state index contributed by atoms with van der Waals surface area (Å²) >= 11 is 1.35. The molecule has 3 amide bonds. The van der Waals surface area contributed by atoms with Crippen molar-refractivity contribution >= 4 is 68.7 Å². The summed E-state index contributed by atoms with van der Waals surface area (Å²) in [6.07, 6.45) is 1.30. The van der Waals surface area contributed by atoms with Crippen LogP contribution in [0, 0.1) is 5.82 Å². The van der Waals surface area contributed by atoms with Crippen molar-refractivity contribution in [2.24, 2.45) is 0 Å². The van der Waals surface area contributed by atoms with E-state index in [1.54, 1.807) is 60.7 Å². The van der Waals surface area contributed by atoms with Gasteiger partial charge in [-0.2, -0.15) is 0 Å². The van der Waals surface area contributed by atoms with Crippen LogP contribution in [0.4, 0.5) is 15.8 Å². The molecule has 0 aliphatic carbocycles. The van der Waals surface area contributed by atoms with Crippen LogP contribution in [0.15, 0.2) is 132 Å². The predicted molar refractivity (Wildman–Crippen MR) is 192 cm³/mol. The lowest BCUT2D eigenvalue weighted by atomic mass is 10.1. The minimum absolute atomic E-state index is 0.126. The van der Waals surface area contributed by atoms with Crippen molar-refractivity contribution in [1.29, 1.82) is 0 Å². The minimum atomic E-state index is -0.629. The number of amides is 3. The zero-order chi connectivity index (χ0) is 33.6. The van der Waals surface area contributed by atoms with Gasteiger partial charge in [0.1, 0.15) is 11.5 Å². The van der Waals surface area contributed by atoms with Crippen LogP contribution < -0.4 is 16.0 Å².